The Morgan fingerprint density at radius 3 is 2.12 bits per heavy atom. The van der Waals surface area contributed by atoms with Gasteiger partial charge in [0.1, 0.15) is 0 Å². The normalized spacial score (nSPS) is 12.0. The highest BCUT2D eigenvalue weighted by Gasteiger charge is 2.00. The van der Waals surface area contributed by atoms with E-state index >= 15 is 0 Å². The second-order valence-corrected chi connectivity index (χ2v) is 6.02. The summed E-state index contributed by atoms with van der Waals surface area (Å²) < 4.78 is 0. The summed E-state index contributed by atoms with van der Waals surface area (Å²) in [6.07, 6.45) is 7.27. The van der Waals surface area contributed by atoms with Gasteiger partial charge in [0.2, 0.25) is 0 Å². The third-order valence-electron chi connectivity index (χ3n) is 4.03. The monoisotopic (exact) mass is 320 g/mol. The van der Waals surface area contributed by atoms with Crippen molar-refractivity contribution in [3.63, 3.8) is 0 Å². The first-order valence-corrected chi connectivity index (χ1v) is 9.04. The van der Waals surface area contributed by atoms with Gasteiger partial charge in [-0.05, 0) is 61.1 Å². The molecule has 2 aromatic carbocycles. The van der Waals surface area contributed by atoms with E-state index in [0.717, 1.165) is 49.2 Å². The van der Waals surface area contributed by atoms with Crippen molar-refractivity contribution in [3.05, 3.63) is 59.7 Å². The van der Waals surface area contributed by atoms with Crippen molar-refractivity contribution in [2.45, 2.75) is 52.9 Å². The molecule has 2 rings (SSSR count). The van der Waals surface area contributed by atoms with Crippen LogP contribution in [0.2, 0.25) is 0 Å². The summed E-state index contributed by atoms with van der Waals surface area (Å²) in [5, 5.41) is 0. The van der Waals surface area contributed by atoms with Crippen molar-refractivity contribution in [2.24, 2.45) is 9.98 Å². The van der Waals surface area contributed by atoms with Crippen molar-refractivity contribution in [3.8, 4) is 0 Å². The maximum Gasteiger partial charge on any atom is 0.0635 e. The highest BCUT2D eigenvalue weighted by molar-refractivity contribution is 6.31. The summed E-state index contributed by atoms with van der Waals surface area (Å²) in [5.74, 6) is 0. The van der Waals surface area contributed by atoms with Crippen molar-refractivity contribution >= 4 is 23.3 Å². The van der Waals surface area contributed by atoms with Crippen LogP contribution in [0, 0.1) is 0 Å². The summed E-state index contributed by atoms with van der Waals surface area (Å²) in [6.45, 7) is 6.58. The van der Waals surface area contributed by atoms with Crippen molar-refractivity contribution in [1.29, 1.82) is 0 Å². The standard InChI is InChI=1S/C22H28N2/c1-4-7-11-21(24-20-12-9-8-10-13-20)17-23-22-15-18(5-2)14-19(6-3)16-22/h8-10,12-17H,4-7,11H2,1-3H3. The van der Waals surface area contributed by atoms with Gasteiger partial charge in [0.15, 0.2) is 0 Å². The van der Waals surface area contributed by atoms with Gasteiger partial charge in [-0.15, -0.1) is 0 Å². The third kappa shape index (κ3) is 5.77. The molecule has 0 saturated carbocycles. The number of hydrogen-bond donors (Lipinski definition) is 0. The predicted octanol–water partition coefficient (Wildman–Crippen LogP) is 6.48. The Morgan fingerprint density at radius 2 is 1.54 bits per heavy atom. The van der Waals surface area contributed by atoms with E-state index in [2.05, 4.69) is 39.0 Å². The first kappa shape index (κ1) is 18.1. The van der Waals surface area contributed by atoms with Crippen LogP contribution in [-0.4, -0.2) is 11.9 Å². The molecule has 0 aliphatic heterocycles. The Kier molecular flexibility index (Phi) is 7.41. The molecule has 0 radical (unpaired) electrons. The number of benzene rings is 2. The Labute approximate surface area is 146 Å². The van der Waals surface area contributed by atoms with Crippen LogP contribution in [0.5, 0.6) is 0 Å². The van der Waals surface area contributed by atoms with Gasteiger partial charge in [-0.1, -0.05) is 51.5 Å². The molecule has 2 nitrogen and oxygen atoms in total. The number of para-hydroxylation sites is 1. The number of unbranched alkanes of at least 4 members (excludes halogenated alkanes) is 1. The van der Waals surface area contributed by atoms with E-state index < -0.39 is 0 Å². The lowest BCUT2D eigenvalue weighted by Gasteiger charge is -2.05. The molecule has 2 aromatic rings. The lowest BCUT2D eigenvalue weighted by atomic mass is 10.1. The zero-order valence-electron chi connectivity index (χ0n) is 15.1. The average molecular weight is 320 g/mol. The number of rotatable bonds is 8. The fourth-order valence-corrected chi connectivity index (χ4v) is 2.55. The molecule has 0 heterocycles. The van der Waals surface area contributed by atoms with Crippen molar-refractivity contribution < 1.29 is 0 Å². The van der Waals surface area contributed by atoms with Gasteiger partial charge in [-0.2, -0.15) is 0 Å². The minimum absolute atomic E-state index is 0.961. The van der Waals surface area contributed by atoms with E-state index in [4.69, 9.17) is 9.98 Å². The van der Waals surface area contributed by atoms with Crippen molar-refractivity contribution in [2.75, 3.05) is 0 Å². The van der Waals surface area contributed by atoms with Crippen LogP contribution < -0.4 is 0 Å². The lowest BCUT2D eigenvalue weighted by molar-refractivity contribution is 0.839. The summed E-state index contributed by atoms with van der Waals surface area (Å²) in [6, 6.07) is 16.7. The minimum atomic E-state index is 0.961. The molecule has 0 aromatic heterocycles. The van der Waals surface area contributed by atoms with Gasteiger partial charge < -0.3 is 0 Å². The molecule has 2 heteroatoms. The van der Waals surface area contributed by atoms with E-state index in [1.165, 1.54) is 11.1 Å². The second kappa shape index (κ2) is 9.82. The smallest absolute Gasteiger partial charge is 0.0635 e. The number of aliphatic imine (C=N–C) groups is 2. The molecular formula is C22H28N2. The highest BCUT2D eigenvalue weighted by Crippen LogP contribution is 2.19. The molecule has 0 bridgehead atoms. The van der Waals surface area contributed by atoms with Crippen LogP contribution in [0.25, 0.3) is 0 Å². The zero-order valence-corrected chi connectivity index (χ0v) is 15.1. The molecule has 0 unspecified atom stereocenters. The van der Waals surface area contributed by atoms with Gasteiger partial charge >= 0.3 is 0 Å². The first-order valence-electron chi connectivity index (χ1n) is 9.04. The summed E-state index contributed by atoms with van der Waals surface area (Å²) in [5.41, 5.74) is 5.76. The van der Waals surface area contributed by atoms with Crippen molar-refractivity contribution in [1.82, 2.24) is 0 Å². The van der Waals surface area contributed by atoms with E-state index in [1.807, 2.05) is 36.5 Å². The fourth-order valence-electron chi connectivity index (χ4n) is 2.55. The van der Waals surface area contributed by atoms with Gasteiger partial charge in [0.05, 0.1) is 17.1 Å². The summed E-state index contributed by atoms with van der Waals surface area (Å²) in [4.78, 5) is 9.48. The Balaban J connectivity index is 2.25. The van der Waals surface area contributed by atoms with Gasteiger partial charge in [-0.25, -0.2) is 0 Å². The highest BCUT2D eigenvalue weighted by atomic mass is 14.8. The van der Waals surface area contributed by atoms with Gasteiger partial charge in [0, 0.05) is 6.21 Å². The minimum Gasteiger partial charge on any atom is -0.255 e. The molecule has 0 aliphatic carbocycles. The largest absolute Gasteiger partial charge is 0.255 e. The van der Waals surface area contributed by atoms with E-state index in [1.54, 1.807) is 0 Å². The van der Waals surface area contributed by atoms with E-state index in [9.17, 15) is 0 Å². The summed E-state index contributed by atoms with van der Waals surface area (Å²) in [7, 11) is 0. The molecular weight excluding hydrogens is 292 g/mol. The first-order chi connectivity index (χ1) is 11.7. The van der Waals surface area contributed by atoms with Crippen LogP contribution in [0.1, 0.15) is 51.2 Å². The van der Waals surface area contributed by atoms with Gasteiger partial charge in [0.25, 0.3) is 0 Å². The molecule has 0 fully saturated rings. The van der Waals surface area contributed by atoms with Crippen LogP contribution in [0.15, 0.2) is 58.5 Å². The number of aryl methyl sites for hydroxylation is 2. The molecule has 0 N–H and O–H groups in total. The number of hydrogen-bond acceptors (Lipinski definition) is 2. The van der Waals surface area contributed by atoms with Crippen LogP contribution in [-0.2, 0) is 12.8 Å². The lowest BCUT2D eigenvalue weighted by Crippen LogP contribution is -1.99. The van der Waals surface area contributed by atoms with Crippen LogP contribution in [0.3, 0.4) is 0 Å². The third-order valence-corrected chi connectivity index (χ3v) is 4.03. The van der Waals surface area contributed by atoms with E-state index in [0.29, 0.717) is 0 Å². The van der Waals surface area contributed by atoms with Crippen LogP contribution in [0.4, 0.5) is 11.4 Å². The average Bonchev–Trinajstić information content (AvgIpc) is 2.64. The maximum absolute atomic E-state index is 4.76. The molecule has 126 valence electrons. The maximum atomic E-state index is 4.76. The molecule has 0 aliphatic rings. The predicted molar refractivity (Wildman–Crippen MR) is 106 cm³/mol. The molecule has 0 atom stereocenters. The molecule has 0 spiro atoms. The topological polar surface area (TPSA) is 24.7 Å². The Hall–Kier alpha value is -2.22. The SMILES string of the molecule is CCCCC(C=Nc1cc(CC)cc(CC)c1)=Nc1ccccc1. The molecule has 24 heavy (non-hydrogen) atoms. The quantitative estimate of drug-likeness (QED) is 0.497. The van der Waals surface area contributed by atoms with Gasteiger partial charge in [-0.3, -0.25) is 9.98 Å². The second-order valence-electron chi connectivity index (χ2n) is 6.02. The van der Waals surface area contributed by atoms with E-state index in [-0.39, 0.29) is 0 Å². The Morgan fingerprint density at radius 1 is 0.875 bits per heavy atom. The summed E-state index contributed by atoms with van der Waals surface area (Å²) >= 11 is 0. The van der Waals surface area contributed by atoms with Crippen LogP contribution >= 0.6 is 0 Å². The fraction of sp³-hybridized carbons (Fsp3) is 0.364. The molecule has 0 amide bonds. The zero-order chi connectivity index (χ0) is 17.2. The Bertz CT molecular complexity index is 662. The molecule has 0 saturated heterocycles. The number of nitrogens with zero attached hydrogens (tertiary/aromatic N) is 2.